The van der Waals surface area contributed by atoms with Gasteiger partial charge in [0.15, 0.2) is 0 Å². The van der Waals surface area contributed by atoms with Crippen molar-refractivity contribution in [2.75, 3.05) is 0 Å². The lowest BCUT2D eigenvalue weighted by Crippen LogP contribution is -2.34. The van der Waals surface area contributed by atoms with Gasteiger partial charge in [0, 0.05) is 5.92 Å². The molecule has 108 valence electrons. The molecule has 1 saturated carbocycles. The fourth-order valence-electron chi connectivity index (χ4n) is 3.25. The highest BCUT2D eigenvalue weighted by Gasteiger charge is 2.51. The third-order valence-electron chi connectivity index (χ3n) is 4.60. The summed E-state index contributed by atoms with van der Waals surface area (Å²) in [5, 5.41) is 0. The number of carbonyl (C=O) groups is 2. The van der Waals surface area contributed by atoms with Crippen LogP contribution < -0.4 is 0 Å². The van der Waals surface area contributed by atoms with Gasteiger partial charge in [0.1, 0.15) is 12.2 Å². The summed E-state index contributed by atoms with van der Waals surface area (Å²) < 4.78 is 10.9. The average Bonchev–Trinajstić information content (AvgIpc) is 2.87. The summed E-state index contributed by atoms with van der Waals surface area (Å²) in [6.07, 6.45) is 2.07. The molecule has 4 heteroatoms. The van der Waals surface area contributed by atoms with Crippen molar-refractivity contribution in [1.82, 2.24) is 0 Å². The summed E-state index contributed by atoms with van der Waals surface area (Å²) in [7, 11) is 0. The van der Waals surface area contributed by atoms with Crippen molar-refractivity contribution in [3.63, 3.8) is 0 Å². The third kappa shape index (κ3) is 2.77. The summed E-state index contributed by atoms with van der Waals surface area (Å²) in [5.74, 6) is 0.402. The number of carbonyl (C=O) groups excluding carboxylic acids is 2. The maximum atomic E-state index is 11.8. The Kier molecular flexibility index (Phi) is 4.16. The number of hydrogen-bond acceptors (Lipinski definition) is 4. The summed E-state index contributed by atoms with van der Waals surface area (Å²) in [6, 6.07) is 0. The molecule has 0 aromatic rings. The van der Waals surface area contributed by atoms with Crippen LogP contribution in [0, 0.1) is 23.7 Å². The molecule has 0 aromatic carbocycles. The van der Waals surface area contributed by atoms with Gasteiger partial charge in [0.05, 0.1) is 11.8 Å². The monoisotopic (exact) mass is 268 g/mol. The fraction of sp³-hybridized carbons (Fsp3) is 0.867. The van der Waals surface area contributed by atoms with Crippen molar-refractivity contribution in [1.29, 1.82) is 0 Å². The van der Waals surface area contributed by atoms with Gasteiger partial charge in [-0.15, -0.1) is 0 Å². The van der Waals surface area contributed by atoms with Crippen LogP contribution in [0.2, 0.25) is 0 Å². The van der Waals surface area contributed by atoms with Crippen LogP contribution in [-0.2, 0) is 19.1 Å². The van der Waals surface area contributed by atoms with Gasteiger partial charge in [0.2, 0.25) is 0 Å². The van der Waals surface area contributed by atoms with Crippen molar-refractivity contribution >= 4 is 11.9 Å². The standard InChI is InChI=1S/C15H24O4/c1-5-9(3)14(16)18-10(4)13-11-6-8(2)7-12(11)15(17)19-13/h8-13H,5-7H2,1-4H3. The first-order chi connectivity index (χ1) is 8.93. The fourth-order valence-corrected chi connectivity index (χ4v) is 3.25. The van der Waals surface area contributed by atoms with Gasteiger partial charge in [-0.3, -0.25) is 9.59 Å². The number of fused-ring (bicyclic) bond motifs is 1. The Morgan fingerprint density at radius 1 is 1.42 bits per heavy atom. The number of hydrogen-bond donors (Lipinski definition) is 0. The molecular formula is C15H24O4. The first-order valence-electron chi connectivity index (χ1n) is 7.35. The molecule has 2 rings (SSSR count). The molecule has 1 saturated heterocycles. The summed E-state index contributed by atoms with van der Waals surface area (Å²) in [6.45, 7) is 7.82. The molecule has 0 spiro atoms. The van der Waals surface area contributed by atoms with E-state index in [0.717, 1.165) is 19.3 Å². The zero-order chi connectivity index (χ0) is 14.2. The first kappa shape index (κ1) is 14.4. The normalized spacial score (nSPS) is 36.5. The molecule has 6 atom stereocenters. The molecule has 1 aliphatic heterocycles. The van der Waals surface area contributed by atoms with Crippen LogP contribution in [0.15, 0.2) is 0 Å². The second-order valence-corrected chi connectivity index (χ2v) is 6.20. The quantitative estimate of drug-likeness (QED) is 0.735. The molecule has 1 aliphatic carbocycles. The van der Waals surface area contributed by atoms with Crippen LogP contribution in [-0.4, -0.2) is 24.1 Å². The molecule has 0 radical (unpaired) electrons. The Bertz CT molecular complexity index is 365. The largest absolute Gasteiger partial charge is 0.458 e. The van der Waals surface area contributed by atoms with Gasteiger partial charge in [0.25, 0.3) is 0 Å². The van der Waals surface area contributed by atoms with Crippen LogP contribution in [0.5, 0.6) is 0 Å². The van der Waals surface area contributed by atoms with Gasteiger partial charge in [-0.1, -0.05) is 20.8 Å². The van der Waals surface area contributed by atoms with E-state index in [-0.39, 0.29) is 41.9 Å². The Morgan fingerprint density at radius 2 is 2.11 bits per heavy atom. The Labute approximate surface area is 114 Å². The minimum atomic E-state index is -0.342. The van der Waals surface area contributed by atoms with Crippen molar-refractivity contribution in [2.24, 2.45) is 23.7 Å². The average molecular weight is 268 g/mol. The Hall–Kier alpha value is -1.06. The van der Waals surface area contributed by atoms with E-state index in [4.69, 9.17) is 9.47 Å². The molecular weight excluding hydrogens is 244 g/mol. The molecule has 19 heavy (non-hydrogen) atoms. The molecule has 0 aromatic heterocycles. The number of esters is 2. The van der Waals surface area contributed by atoms with E-state index < -0.39 is 0 Å². The van der Waals surface area contributed by atoms with Crippen molar-refractivity contribution in [3.05, 3.63) is 0 Å². The van der Waals surface area contributed by atoms with E-state index in [1.165, 1.54) is 0 Å². The SMILES string of the molecule is CCC(C)C(=O)OC(C)C1OC(=O)C2CC(C)CC21. The lowest BCUT2D eigenvalue weighted by molar-refractivity contribution is -0.165. The molecule has 2 fully saturated rings. The summed E-state index contributed by atoms with van der Waals surface area (Å²) in [5.41, 5.74) is 0. The maximum absolute atomic E-state index is 11.8. The lowest BCUT2D eigenvalue weighted by Gasteiger charge is -2.24. The lowest BCUT2D eigenvalue weighted by atomic mass is 9.91. The van der Waals surface area contributed by atoms with E-state index in [0.29, 0.717) is 5.92 Å². The van der Waals surface area contributed by atoms with Crippen LogP contribution in [0.1, 0.15) is 47.0 Å². The second kappa shape index (κ2) is 5.51. The third-order valence-corrected chi connectivity index (χ3v) is 4.60. The van der Waals surface area contributed by atoms with Crippen molar-refractivity contribution < 1.29 is 19.1 Å². The topological polar surface area (TPSA) is 52.6 Å². The molecule has 0 N–H and O–H groups in total. The van der Waals surface area contributed by atoms with Gasteiger partial charge < -0.3 is 9.47 Å². The molecule has 1 heterocycles. The zero-order valence-corrected chi connectivity index (χ0v) is 12.2. The van der Waals surface area contributed by atoms with E-state index in [2.05, 4.69) is 6.92 Å². The predicted octanol–water partition coefficient (Wildman–Crippen LogP) is 2.55. The van der Waals surface area contributed by atoms with Crippen LogP contribution in [0.3, 0.4) is 0 Å². The van der Waals surface area contributed by atoms with Gasteiger partial charge in [-0.2, -0.15) is 0 Å². The Balaban J connectivity index is 1.98. The van der Waals surface area contributed by atoms with E-state index in [9.17, 15) is 9.59 Å². The highest BCUT2D eigenvalue weighted by atomic mass is 16.6. The second-order valence-electron chi connectivity index (χ2n) is 6.20. The highest BCUT2D eigenvalue weighted by molar-refractivity contribution is 5.76. The van der Waals surface area contributed by atoms with E-state index in [1.807, 2.05) is 20.8 Å². The van der Waals surface area contributed by atoms with Crippen molar-refractivity contribution in [3.8, 4) is 0 Å². The molecule has 0 amide bonds. The molecule has 2 aliphatic rings. The van der Waals surface area contributed by atoms with Crippen LogP contribution >= 0.6 is 0 Å². The predicted molar refractivity (Wildman–Crippen MR) is 70.3 cm³/mol. The summed E-state index contributed by atoms with van der Waals surface area (Å²) >= 11 is 0. The van der Waals surface area contributed by atoms with Gasteiger partial charge in [-0.05, 0) is 32.1 Å². The number of ether oxygens (including phenoxy) is 2. The minimum Gasteiger partial charge on any atom is -0.458 e. The van der Waals surface area contributed by atoms with E-state index in [1.54, 1.807) is 0 Å². The molecule has 0 bridgehead atoms. The highest BCUT2D eigenvalue weighted by Crippen LogP contribution is 2.45. The number of rotatable bonds is 4. The molecule has 6 unspecified atom stereocenters. The van der Waals surface area contributed by atoms with Crippen LogP contribution in [0.4, 0.5) is 0 Å². The van der Waals surface area contributed by atoms with Gasteiger partial charge >= 0.3 is 11.9 Å². The van der Waals surface area contributed by atoms with Gasteiger partial charge in [-0.25, -0.2) is 0 Å². The number of cyclic esters (lactones) is 1. The Morgan fingerprint density at radius 3 is 2.74 bits per heavy atom. The van der Waals surface area contributed by atoms with E-state index >= 15 is 0 Å². The first-order valence-corrected chi connectivity index (χ1v) is 7.35. The minimum absolute atomic E-state index is 0.0183. The zero-order valence-electron chi connectivity index (χ0n) is 12.2. The van der Waals surface area contributed by atoms with Crippen molar-refractivity contribution in [2.45, 2.75) is 59.2 Å². The van der Waals surface area contributed by atoms with Crippen LogP contribution in [0.25, 0.3) is 0 Å². The molecule has 4 nitrogen and oxygen atoms in total. The summed E-state index contributed by atoms with van der Waals surface area (Å²) in [4.78, 5) is 23.6. The maximum Gasteiger partial charge on any atom is 0.309 e. The smallest absolute Gasteiger partial charge is 0.309 e.